The molecule has 1 aromatic carbocycles. The molecule has 0 spiro atoms. The first kappa shape index (κ1) is 16.7. The van der Waals surface area contributed by atoms with Gasteiger partial charge < -0.3 is 8.92 Å². The minimum Gasteiger partial charge on any atom is -0.497 e. The Balaban J connectivity index is 2.36. The average molecular weight is 336 g/mol. The highest BCUT2D eigenvalue weighted by molar-refractivity contribution is 7.87. The molecule has 0 unspecified atom stereocenters. The van der Waals surface area contributed by atoms with Crippen LogP contribution in [0.4, 0.5) is 13.2 Å². The summed E-state index contributed by atoms with van der Waals surface area (Å²) in [6, 6.07) is 5.11. The number of aryl methyl sites for hydroxylation is 1. The monoisotopic (exact) mass is 336 g/mol. The first-order valence-corrected chi connectivity index (χ1v) is 8.02. The SMILES string of the molecule is COc1ccc2c(c1)CCCC/C(OS(=O)(=O)C(F)(F)F)=C\2. The Bertz CT molecular complexity index is 678. The van der Waals surface area contributed by atoms with Crippen LogP contribution in [0.25, 0.3) is 6.08 Å². The lowest BCUT2D eigenvalue weighted by Crippen LogP contribution is -2.25. The summed E-state index contributed by atoms with van der Waals surface area (Å²) in [7, 11) is -4.12. The van der Waals surface area contributed by atoms with Crippen LogP contribution in [0.5, 0.6) is 5.75 Å². The molecule has 0 atom stereocenters. The van der Waals surface area contributed by atoms with Crippen LogP contribution in [0.15, 0.2) is 24.0 Å². The van der Waals surface area contributed by atoms with Crippen molar-refractivity contribution in [2.45, 2.75) is 31.2 Å². The lowest BCUT2D eigenvalue weighted by Gasteiger charge is -2.16. The second-order valence-corrected chi connectivity index (χ2v) is 6.40. The van der Waals surface area contributed by atoms with E-state index in [-0.39, 0.29) is 12.2 Å². The van der Waals surface area contributed by atoms with Crippen LogP contribution in [0.2, 0.25) is 0 Å². The lowest BCUT2D eigenvalue weighted by atomic mass is 9.97. The van der Waals surface area contributed by atoms with Gasteiger partial charge in [-0.3, -0.25) is 0 Å². The number of allylic oxidation sites excluding steroid dienone is 1. The average Bonchev–Trinajstić information content (AvgIpc) is 2.40. The molecule has 0 saturated heterocycles. The zero-order valence-corrected chi connectivity index (χ0v) is 12.6. The Hall–Kier alpha value is -1.70. The topological polar surface area (TPSA) is 52.6 Å². The van der Waals surface area contributed by atoms with Gasteiger partial charge in [0.25, 0.3) is 0 Å². The highest BCUT2D eigenvalue weighted by Crippen LogP contribution is 2.31. The van der Waals surface area contributed by atoms with Gasteiger partial charge in [0.2, 0.25) is 0 Å². The van der Waals surface area contributed by atoms with E-state index in [0.29, 0.717) is 24.2 Å². The first-order chi connectivity index (χ1) is 10.2. The van der Waals surface area contributed by atoms with Crippen LogP contribution in [0, 0.1) is 0 Å². The molecular weight excluding hydrogens is 321 g/mol. The second kappa shape index (κ2) is 6.20. The summed E-state index contributed by atoms with van der Waals surface area (Å²) in [6.07, 6.45) is 3.48. The van der Waals surface area contributed by atoms with E-state index in [9.17, 15) is 21.6 Å². The van der Waals surface area contributed by atoms with Gasteiger partial charge in [-0.05, 0) is 48.6 Å². The van der Waals surface area contributed by atoms with Gasteiger partial charge in [-0.15, -0.1) is 0 Å². The number of ether oxygens (including phenoxy) is 1. The van der Waals surface area contributed by atoms with Crippen molar-refractivity contribution in [3.63, 3.8) is 0 Å². The molecule has 0 heterocycles. The molecule has 0 saturated carbocycles. The van der Waals surface area contributed by atoms with Crippen LogP contribution >= 0.6 is 0 Å². The first-order valence-electron chi connectivity index (χ1n) is 6.61. The Morgan fingerprint density at radius 2 is 1.82 bits per heavy atom. The van der Waals surface area contributed by atoms with Crippen molar-refractivity contribution >= 4 is 16.2 Å². The molecule has 22 heavy (non-hydrogen) atoms. The predicted octanol–water partition coefficient (Wildman–Crippen LogP) is 3.63. The van der Waals surface area contributed by atoms with Crippen LogP contribution in [-0.4, -0.2) is 21.0 Å². The molecule has 0 aliphatic heterocycles. The summed E-state index contributed by atoms with van der Waals surface area (Å²) in [5.41, 5.74) is -3.92. The third-order valence-corrected chi connectivity index (χ3v) is 4.29. The van der Waals surface area contributed by atoms with Gasteiger partial charge in [0.1, 0.15) is 11.5 Å². The summed E-state index contributed by atoms with van der Waals surface area (Å²) in [5.74, 6) is 0.432. The fourth-order valence-corrected chi connectivity index (χ4v) is 2.69. The van der Waals surface area contributed by atoms with E-state index < -0.39 is 15.6 Å². The van der Waals surface area contributed by atoms with Gasteiger partial charge in [-0.1, -0.05) is 6.07 Å². The molecule has 1 aromatic rings. The van der Waals surface area contributed by atoms with Gasteiger partial charge in [0.05, 0.1) is 7.11 Å². The Morgan fingerprint density at radius 1 is 1.14 bits per heavy atom. The maximum Gasteiger partial charge on any atom is 0.534 e. The van der Waals surface area contributed by atoms with Crippen LogP contribution < -0.4 is 4.74 Å². The van der Waals surface area contributed by atoms with Gasteiger partial charge in [-0.2, -0.15) is 21.6 Å². The number of alkyl halides is 3. The molecule has 0 amide bonds. The number of hydrogen-bond donors (Lipinski definition) is 0. The van der Waals surface area contributed by atoms with E-state index >= 15 is 0 Å². The van der Waals surface area contributed by atoms with E-state index in [2.05, 4.69) is 4.18 Å². The van der Waals surface area contributed by atoms with Gasteiger partial charge >= 0.3 is 15.6 Å². The Labute approximate surface area is 126 Å². The zero-order valence-electron chi connectivity index (χ0n) is 11.8. The maximum absolute atomic E-state index is 12.4. The summed E-state index contributed by atoms with van der Waals surface area (Å²) in [5, 5.41) is 0. The van der Waals surface area contributed by atoms with Gasteiger partial charge in [0.15, 0.2) is 0 Å². The van der Waals surface area contributed by atoms with Gasteiger partial charge in [-0.25, -0.2) is 0 Å². The lowest BCUT2D eigenvalue weighted by molar-refractivity contribution is -0.0523. The fourth-order valence-electron chi connectivity index (χ4n) is 2.18. The second-order valence-electron chi connectivity index (χ2n) is 4.87. The number of methoxy groups -OCH3 is 1. The number of halogens is 3. The molecule has 0 fully saturated rings. The molecule has 0 N–H and O–H groups in total. The van der Waals surface area contributed by atoms with Crippen LogP contribution in [0.1, 0.15) is 30.4 Å². The third kappa shape index (κ3) is 3.73. The maximum atomic E-state index is 12.4. The molecule has 122 valence electrons. The van der Waals surface area contributed by atoms with E-state index in [1.54, 1.807) is 18.2 Å². The zero-order chi connectivity index (χ0) is 16.4. The minimum absolute atomic E-state index is 0.140. The molecule has 0 aromatic heterocycles. The number of benzene rings is 1. The Kier molecular flexibility index (Phi) is 4.69. The number of fused-ring (bicyclic) bond motifs is 1. The molecule has 0 bridgehead atoms. The van der Waals surface area contributed by atoms with E-state index in [1.165, 1.54) is 13.2 Å². The van der Waals surface area contributed by atoms with Crippen molar-refractivity contribution in [1.82, 2.24) is 0 Å². The van der Waals surface area contributed by atoms with Crippen molar-refractivity contribution in [2.75, 3.05) is 7.11 Å². The van der Waals surface area contributed by atoms with Crippen LogP contribution in [-0.2, 0) is 20.7 Å². The third-order valence-electron chi connectivity index (χ3n) is 3.29. The quantitative estimate of drug-likeness (QED) is 0.625. The van der Waals surface area contributed by atoms with Crippen molar-refractivity contribution in [1.29, 1.82) is 0 Å². The molecule has 2 rings (SSSR count). The molecule has 0 radical (unpaired) electrons. The highest BCUT2D eigenvalue weighted by atomic mass is 32.2. The highest BCUT2D eigenvalue weighted by Gasteiger charge is 2.48. The Morgan fingerprint density at radius 3 is 2.45 bits per heavy atom. The summed E-state index contributed by atoms with van der Waals surface area (Å²) < 4.78 is 68.8. The smallest absolute Gasteiger partial charge is 0.497 e. The van der Waals surface area contributed by atoms with E-state index in [0.717, 1.165) is 12.0 Å². The molecule has 8 heteroatoms. The molecule has 1 aliphatic carbocycles. The molecule has 1 aliphatic rings. The fraction of sp³-hybridized carbons (Fsp3) is 0.429. The standard InChI is InChI=1S/C14H15F3O4S/c1-20-12-7-6-11-9-13(5-3-2-4-10(11)8-12)21-22(18,19)14(15,16)17/h6-9H,2-5H2,1H3/b13-9+. The number of rotatable bonds is 3. The predicted molar refractivity (Wildman–Crippen MR) is 74.6 cm³/mol. The van der Waals surface area contributed by atoms with Crippen LogP contribution in [0.3, 0.4) is 0 Å². The van der Waals surface area contributed by atoms with Crippen molar-refractivity contribution < 1.29 is 30.5 Å². The molecular formula is C14H15F3O4S. The van der Waals surface area contributed by atoms with Crippen molar-refractivity contribution in [3.8, 4) is 5.75 Å². The minimum atomic E-state index is -5.63. The largest absolute Gasteiger partial charge is 0.534 e. The van der Waals surface area contributed by atoms with E-state index in [1.807, 2.05) is 0 Å². The summed E-state index contributed by atoms with van der Waals surface area (Å²) in [4.78, 5) is 0. The number of hydrogen-bond acceptors (Lipinski definition) is 4. The van der Waals surface area contributed by atoms with Crippen molar-refractivity contribution in [2.24, 2.45) is 0 Å². The van der Waals surface area contributed by atoms with Gasteiger partial charge in [0, 0.05) is 6.42 Å². The summed E-state index contributed by atoms with van der Waals surface area (Å²) >= 11 is 0. The van der Waals surface area contributed by atoms with E-state index in [4.69, 9.17) is 4.74 Å². The summed E-state index contributed by atoms with van der Waals surface area (Å²) in [6.45, 7) is 0. The van der Waals surface area contributed by atoms with Crippen molar-refractivity contribution in [3.05, 3.63) is 35.1 Å². The molecule has 4 nitrogen and oxygen atoms in total. The normalized spacial score (nSPS) is 18.5.